The molecule has 150 valence electrons. The summed E-state index contributed by atoms with van der Waals surface area (Å²) < 4.78 is 16.8. The third-order valence-electron chi connectivity index (χ3n) is 4.90. The molecule has 1 aliphatic carbocycles. The number of nitrogens with zero attached hydrogens (tertiary/aromatic N) is 2. The average molecular weight is 378 g/mol. The minimum absolute atomic E-state index is 0.162. The number of hydrogen-bond donors (Lipinski definition) is 1. The highest BCUT2D eigenvalue weighted by molar-refractivity contribution is 5.80. The summed E-state index contributed by atoms with van der Waals surface area (Å²) in [6.45, 7) is 3.85. The zero-order valence-corrected chi connectivity index (χ0v) is 16.0. The van der Waals surface area contributed by atoms with Crippen molar-refractivity contribution in [3.05, 3.63) is 23.8 Å². The van der Waals surface area contributed by atoms with Crippen LogP contribution in [0.4, 0.5) is 0 Å². The summed E-state index contributed by atoms with van der Waals surface area (Å²) in [5, 5.41) is 14.0. The normalized spacial score (nSPS) is 20.1. The maximum absolute atomic E-state index is 10.1. The SMILES string of the molecule is COc1ccc(/C=N/OCC(O)CN2CCOCC2)cc1OC1CCCC1. The number of hydrogen-bond acceptors (Lipinski definition) is 7. The molecule has 1 aromatic rings. The average Bonchev–Trinajstić information content (AvgIpc) is 3.19. The fourth-order valence-electron chi connectivity index (χ4n) is 3.41. The molecule has 1 saturated carbocycles. The smallest absolute Gasteiger partial charge is 0.162 e. The highest BCUT2D eigenvalue weighted by atomic mass is 16.6. The minimum atomic E-state index is -0.572. The molecular weight excluding hydrogens is 348 g/mol. The Morgan fingerprint density at radius 1 is 1.26 bits per heavy atom. The predicted molar refractivity (Wildman–Crippen MR) is 103 cm³/mol. The van der Waals surface area contributed by atoms with Gasteiger partial charge < -0.3 is 24.2 Å². The Bertz CT molecular complexity index is 598. The van der Waals surface area contributed by atoms with Crippen LogP contribution >= 0.6 is 0 Å². The molecular formula is C20H30N2O5. The van der Waals surface area contributed by atoms with Gasteiger partial charge in [0.05, 0.1) is 32.6 Å². The maximum Gasteiger partial charge on any atom is 0.162 e. The second kappa shape index (κ2) is 10.5. The largest absolute Gasteiger partial charge is 0.493 e. The van der Waals surface area contributed by atoms with E-state index in [9.17, 15) is 5.11 Å². The van der Waals surface area contributed by atoms with Crippen LogP contribution in [0.1, 0.15) is 31.2 Å². The van der Waals surface area contributed by atoms with Crippen LogP contribution in [0.2, 0.25) is 0 Å². The topological polar surface area (TPSA) is 72.8 Å². The van der Waals surface area contributed by atoms with E-state index >= 15 is 0 Å². The van der Waals surface area contributed by atoms with E-state index in [0.717, 1.165) is 43.0 Å². The first-order valence-electron chi connectivity index (χ1n) is 9.73. The quantitative estimate of drug-likeness (QED) is 0.524. The summed E-state index contributed by atoms with van der Waals surface area (Å²) >= 11 is 0. The van der Waals surface area contributed by atoms with Crippen LogP contribution in [-0.4, -0.2) is 75.0 Å². The van der Waals surface area contributed by atoms with Gasteiger partial charge in [0.15, 0.2) is 11.5 Å². The predicted octanol–water partition coefficient (Wildman–Crippen LogP) is 2.06. The van der Waals surface area contributed by atoms with Crippen molar-refractivity contribution >= 4 is 6.21 Å². The zero-order valence-electron chi connectivity index (χ0n) is 16.0. The summed E-state index contributed by atoms with van der Waals surface area (Å²) in [6, 6.07) is 5.68. The van der Waals surface area contributed by atoms with Crippen molar-refractivity contribution in [3.8, 4) is 11.5 Å². The lowest BCUT2D eigenvalue weighted by atomic mass is 10.2. The van der Waals surface area contributed by atoms with E-state index in [4.69, 9.17) is 19.0 Å². The van der Waals surface area contributed by atoms with Gasteiger partial charge in [0.1, 0.15) is 12.7 Å². The van der Waals surface area contributed by atoms with Gasteiger partial charge in [0.25, 0.3) is 0 Å². The molecule has 1 atom stereocenters. The van der Waals surface area contributed by atoms with Gasteiger partial charge in [-0.3, -0.25) is 4.90 Å². The number of benzene rings is 1. The van der Waals surface area contributed by atoms with Gasteiger partial charge in [-0.1, -0.05) is 5.16 Å². The van der Waals surface area contributed by atoms with Crippen LogP contribution < -0.4 is 9.47 Å². The van der Waals surface area contributed by atoms with Crippen molar-refractivity contribution in [2.45, 2.75) is 37.9 Å². The molecule has 0 amide bonds. The first-order valence-corrected chi connectivity index (χ1v) is 9.73. The number of morpholine rings is 1. The van der Waals surface area contributed by atoms with Gasteiger partial charge in [0, 0.05) is 25.2 Å². The second-order valence-electron chi connectivity index (χ2n) is 7.03. The summed E-state index contributed by atoms with van der Waals surface area (Å²) in [7, 11) is 1.64. The Hall–Kier alpha value is -1.83. The molecule has 1 unspecified atom stereocenters. The number of aliphatic hydroxyl groups is 1. The third-order valence-corrected chi connectivity index (χ3v) is 4.90. The van der Waals surface area contributed by atoms with Crippen molar-refractivity contribution < 1.29 is 24.2 Å². The number of methoxy groups -OCH3 is 1. The van der Waals surface area contributed by atoms with Gasteiger partial charge in [-0.15, -0.1) is 0 Å². The monoisotopic (exact) mass is 378 g/mol. The van der Waals surface area contributed by atoms with Crippen molar-refractivity contribution in [1.29, 1.82) is 0 Å². The van der Waals surface area contributed by atoms with E-state index in [1.54, 1.807) is 13.3 Å². The summed E-state index contributed by atoms with van der Waals surface area (Å²) in [4.78, 5) is 7.42. The molecule has 1 N–H and O–H groups in total. The molecule has 0 aromatic heterocycles. The molecule has 1 heterocycles. The van der Waals surface area contributed by atoms with Gasteiger partial charge in [-0.05, 0) is 43.9 Å². The lowest BCUT2D eigenvalue weighted by Gasteiger charge is -2.28. The maximum atomic E-state index is 10.1. The Kier molecular flexibility index (Phi) is 7.74. The van der Waals surface area contributed by atoms with Crippen LogP contribution in [0, 0.1) is 0 Å². The van der Waals surface area contributed by atoms with Crippen molar-refractivity contribution in [1.82, 2.24) is 4.90 Å². The van der Waals surface area contributed by atoms with E-state index < -0.39 is 6.10 Å². The van der Waals surface area contributed by atoms with Crippen LogP contribution in [0.3, 0.4) is 0 Å². The van der Waals surface area contributed by atoms with Gasteiger partial charge in [-0.2, -0.15) is 0 Å². The standard InChI is InChI=1S/C20H30N2O5/c1-24-19-7-6-16(12-20(19)27-18-4-2-3-5-18)13-21-26-15-17(23)14-22-8-10-25-11-9-22/h6-7,12-13,17-18,23H,2-5,8-11,14-15H2,1H3/b21-13+. The van der Waals surface area contributed by atoms with Gasteiger partial charge in [0.2, 0.25) is 0 Å². The van der Waals surface area contributed by atoms with Gasteiger partial charge >= 0.3 is 0 Å². The van der Waals surface area contributed by atoms with E-state index in [1.807, 2.05) is 18.2 Å². The number of ether oxygens (including phenoxy) is 3. The number of β-amino-alcohol motifs (C(OH)–C–C–N with tert-alkyl or cyclic N) is 1. The van der Waals surface area contributed by atoms with Crippen molar-refractivity contribution in [2.75, 3.05) is 46.6 Å². The molecule has 0 radical (unpaired) electrons. The van der Waals surface area contributed by atoms with E-state index in [0.29, 0.717) is 19.8 Å². The second-order valence-corrected chi connectivity index (χ2v) is 7.03. The van der Waals surface area contributed by atoms with Gasteiger partial charge in [-0.25, -0.2) is 0 Å². The van der Waals surface area contributed by atoms with E-state index in [-0.39, 0.29) is 12.7 Å². The fourth-order valence-corrected chi connectivity index (χ4v) is 3.41. The molecule has 3 rings (SSSR count). The molecule has 0 spiro atoms. The highest BCUT2D eigenvalue weighted by Crippen LogP contribution is 2.32. The van der Waals surface area contributed by atoms with Crippen molar-refractivity contribution in [2.24, 2.45) is 5.16 Å². The summed E-state index contributed by atoms with van der Waals surface area (Å²) in [6.07, 6.45) is 5.93. The number of oxime groups is 1. The van der Waals surface area contributed by atoms with Crippen molar-refractivity contribution in [3.63, 3.8) is 0 Å². The van der Waals surface area contributed by atoms with Crippen LogP contribution in [0.15, 0.2) is 23.4 Å². The third kappa shape index (κ3) is 6.37. The summed E-state index contributed by atoms with van der Waals surface area (Å²) in [5.74, 6) is 1.46. The number of rotatable bonds is 9. The molecule has 27 heavy (non-hydrogen) atoms. The molecule has 1 aliphatic heterocycles. The molecule has 2 fully saturated rings. The molecule has 0 bridgehead atoms. The van der Waals surface area contributed by atoms with E-state index in [2.05, 4.69) is 10.1 Å². The Morgan fingerprint density at radius 2 is 2.04 bits per heavy atom. The zero-order chi connectivity index (χ0) is 18.9. The Labute approximate surface area is 160 Å². The van der Waals surface area contributed by atoms with E-state index in [1.165, 1.54) is 12.8 Å². The highest BCUT2D eigenvalue weighted by Gasteiger charge is 2.18. The van der Waals surface area contributed by atoms with Crippen LogP contribution in [-0.2, 0) is 9.57 Å². The number of aliphatic hydroxyl groups excluding tert-OH is 1. The Balaban J connectivity index is 1.47. The summed E-state index contributed by atoms with van der Waals surface area (Å²) in [5.41, 5.74) is 0.867. The van der Waals surface area contributed by atoms with Crippen LogP contribution in [0.5, 0.6) is 11.5 Å². The lowest BCUT2D eigenvalue weighted by Crippen LogP contribution is -2.42. The molecule has 2 aliphatic rings. The molecule has 1 saturated heterocycles. The lowest BCUT2D eigenvalue weighted by molar-refractivity contribution is -0.0128. The molecule has 1 aromatic carbocycles. The fraction of sp³-hybridized carbons (Fsp3) is 0.650. The molecule has 7 nitrogen and oxygen atoms in total. The first-order chi connectivity index (χ1) is 13.2. The molecule has 7 heteroatoms. The van der Waals surface area contributed by atoms with Crippen LogP contribution in [0.25, 0.3) is 0 Å². The Morgan fingerprint density at radius 3 is 2.78 bits per heavy atom. The first kappa shape index (κ1) is 19.9. The minimum Gasteiger partial charge on any atom is -0.493 e.